The third kappa shape index (κ3) is 7.37. The van der Waals surface area contributed by atoms with Crippen molar-refractivity contribution in [2.75, 3.05) is 6.61 Å². The summed E-state index contributed by atoms with van der Waals surface area (Å²) in [5.41, 5.74) is 3.80. The Morgan fingerprint density at radius 3 is 1.42 bits per heavy atom. The van der Waals surface area contributed by atoms with Gasteiger partial charge in [0.05, 0.1) is 13.0 Å². The van der Waals surface area contributed by atoms with Gasteiger partial charge in [0.1, 0.15) is 19.8 Å². The van der Waals surface area contributed by atoms with Crippen molar-refractivity contribution in [1.29, 1.82) is 0 Å². The molecule has 0 aliphatic carbocycles. The maximum absolute atomic E-state index is 12.3. The van der Waals surface area contributed by atoms with Crippen LogP contribution in [0, 0.1) is 0 Å². The van der Waals surface area contributed by atoms with Crippen LogP contribution in [0.3, 0.4) is 0 Å². The summed E-state index contributed by atoms with van der Waals surface area (Å²) in [6.45, 7) is 3.17. The van der Waals surface area contributed by atoms with Crippen LogP contribution in [0.2, 0.25) is 0 Å². The van der Waals surface area contributed by atoms with Gasteiger partial charge >= 0.3 is 5.97 Å². The van der Waals surface area contributed by atoms with Crippen LogP contribution >= 0.6 is 0 Å². The second-order valence-electron chi connectivity index (χ2n) is 8.23. The lowest BCUT2D eigenvalue weighted by molar-refractivity contribution is -0.142. The topological polar surface area (TPSA) is 54.0 Å². The molecule has 0 bridgehead atoms. The predicted molar refractivity (Wildman–Crippen MR) is 139 cm³/mol. The standard InChI is InChI=1S/C31H30O5/c1-2-33-30(32)20-27-18-28(34-21-24-12-6-3-7-13-24)31(36-23-26-16-10-5-11-17-26)29(19-27)35-22-25-14-8-4-9-15-25/h3-19H,2,20-23H2,1H3. The molecule has 0 aliphatic heterocycles. The molecule has 0 fully saturated rings. The Kier molecular flexibility index (Phi) is 8.98. The molecule has 0 saturated heterocycles. The van der Waals surface area contributed by atoms with E-state index < -0.39 is 0 Å². The van der Waals surface area contributed by atoms with E-state index in [0.29, 0.717) is 43.7 Å². The van der Waals surface area contributed by atoms with E-state index in [4.69, 9.17) is 18.9 Å². The molecule has 4 aromatic rings. The minimum atomic E-state index is -0.307. The highest BCUT2D eigenvalue weighted by Gasteiger charge is 2.18. The molecule has 0 amide bonds. The first kappa shape index (κ1) is 24.9. The van der Waals surface area contributed by atoms with Crippen molar-refractivity contribution in [2.24, 2.45) is 0 Å². The fraction of sp³-hybridized carbons (Fsp3) is 0.194. The molecule has 0 heterocycles. The van der Waals surface area contributed by atoms with Gasteiger partial charge in [0, 0.05) is 0 Å². The maximum Gasteiger partial charge on any atom is 0.310 e. The number of carbonyl (C=O) groups is 1. The third-order valence-corrected chi connectivity index (χ3v) is 5.43. The summed E-state index contributed by atoms with van der Waals surface area (Å²) in [5, 5.41) is 0. The van der Waals surface area contributed by atoms with Gasteiger partial charge in [0.25, 0.3) is 0 Å². The first-order valence-corrected chi connectivity index (χ1v) is 12.0. The fourth-order valence-electron chi connectivity index (χ4n) is 3.67. The molecule has 0 N–H and O–H groups in total. The van der Waals surface area contributed by atoms with E-state index in [9.17, 15) is 4.79 Å². The molecule has 36 heavy (non-hydrogen) atoms. The summed E-state index contributed by atoms with van der Waals surface area (Å²) in [5.74, 6) is 1.22. The van der Waals surface area contributed by atoms with Crippen LogP contribution in [0.1, 0.15) is 29.2 Å². The van der Waals surface area contributed by atoms with Gasteiger partial charge < -0.3 is 18.9 Å². The Morgan fingerprint density at radius 2 is 1.00 bits per heavy atom. The normalized spacial score (nSPS) is 10.5. The average Bonchev–Trinajstić information content (AvgIpc) is 2.92. The zero-order valence-electron chi connectivity index (χ0n) is 20.4. The number of carbonyl (C=O) groups excluding carboxylic acids is 1. The third-order valence-electron chi connectivity index (χ3n) is 5.43. The molecule has 5 heteroatoms. The summed E-state index contributed by atoms with van der Waals surface area (Å²) in [6, 6.07) is 33.4. The smallest absolute Gasteiger partial charge is 0.310 e. The van der Waals surface area contributed by atoms with Crippen LogP contribution in [-0.2, 0) is 35.8 Å². The molecule has 4 rings (SSSR count). The highest BCUT2D eigenvalue weighted by atomic mass is 16.5. The Labute approximate surface area is 212 Å². The molecular formula is C31H30O5. The summed E-state index contributed by atoms with van der Waals surface area (Å²) in [7, 11) is 0. The fourth-order valence-corrected chi connectivity index (χ4v) is 3.67. The minimum Gasteiger partial charge on any atom is -0.485 e. The first-order chi connectivity index (χ1) is 17.7. The van der Waals surface area contributed by atoms with Crippen molar-refractivity contribution in [3.8, 4) is 17.2 Å². The molecule has 0 radical (unpaired) electrons. The Balaban J connectivity index is 1.66. The second-order valence-corrected chi connectivity index (χ2v) is 8.23. The summed E-state index contributed by atoms with van der Waals surface area (Å²) < 4.78 is 23.9. The first-order valence-electron chi connectivity index (χ1n) is 12.0. The van der Waals surface area contributed by atoms with E-state index in [1.54, 1.807) is 6.92 Å². The SMILES string of the molecule is CCOC(=O)Cc1cc(OCc2ccccc2)c(OCc2ccccc2)c(OCc2ccccc2)c1. The molecule has 5 nitrogen and oxygen atoms in total. The van der Waals surface area contributed by atoms with Crippen molar-refractivity contribution in [3.05, 3.63) is 125 Å². The number of hydrogen-bond donors (Lipinski definition) is 0. The van der Waals surface area contributed by atoms with E-state index >= 15 is 0 Å². The summed E-state index contributed by atoms with van der Waals surface area (Å²) in [4.78, 5) is 12.3. The molecule has 0 atom stereocenters. The lowest BCUT2D eigenvalue weighted by Crippen LogP contribution is -2.09. The van der Waals surface area contributed by atoms with Gasteiger partial charge in [-0.1, -0.05) is 91.0 Å². The zero-order valence-corrected chi connectivity index (χ0v) is 20.4. The highest BCUT2D eigenvalue weighted by Crippen LogP contribution is 2.40. The Hall–Kier alpha value is -4.25. The number of ether oxygens (including phenoxy) is 4. The zero-order chi connectivity index (χ0) is 25.0. The summed E-state index contributed by atoms with van der Waals surface area (Å²) >= 11 is 0. The number of esters is 1. The van der Waals surface area contributed by atoms with E-state index in [1.807, 2.05) is 103 Å². The van der Waals surface area contributed by atoms with Crippen LogP contribution in [0.25, 0.3) is 0 Å². The van der Waals surface area contributed by atoms with Crippen molar-refractivity contribution in [1.82, 2.24) is 0 Å². The lowest BCUT2D eigenvalue weighted by atomic mass is 10.1. The van der Waals surface area contributed by atoms with Gasteiger partial charge in [-0.15, -0.1) is 0 Å². The molecule has 0 aromatic heterocycles. The molecule has 0 spiro atoms. The molecule has 0 aliphatic rings. The molecule has 4 aromatic carbocycles. The monoisotopic (exact) mass is 482 g/mol. The van der Waals surface area contributed by atoms with E-state index in [-0.39, 0.29) is 12.4 Å². The second kappa shape index (κ2) is 13.0. The minimum absolute atomic E-state index is 0.107. The lowest BCUT2D eigenvalue weighted by Gasteiger charge is -2.19. The summed E-state index contributed by atoms with van der Waals surface area (Å²) in [6.07, 6.45) is 0.107. The molecule has 0 saturated carbocycles. The van der Waals surface area contributed by atoms with Gasteiger partial charge in [-0.2, -0.15) is 0 Å². The van der Waals surface area contributed by atoms with Crippen molar-refractivity contribution in [2.45, 2.75) is 33.2 Å². The van der Waals surface area contributed by atoms with E-state index in [1.165, 1.54) is 0 Å². The Morgan fingerprint density at radius 1 is 0.583 bits per heavy atom. The quantitative estimate of drug-likeness (QED) is 0.215. The average molecular weight is 483 g/mol. The van der Waals surface area contributed by atoms with Crippen LogP contribution < -0.4 is 14.2 Å². The largest absolute Gasteiger partial charge is 0.485 e. The maximum atomic E-state index is 12.3. The van der Waals surface area contributed by atoms with Gasteiger partial charge in [-0.3, -0.25) is 4.79 Å². The van der Waals surface area contributed by atoms with Gasteiger partial charge in [0.2, 0.25) is 5.75 Å². The van der Waals surface area contributed by atoms with Crippen LogP contribution in [0.4, 0.5) is 0 Å². The van der Waals surface area contributed by atoms with E-state index in [2.05, 4.69) is 0 Å². The Bertz CT molecular complexity index is 1160. The number of hydrogen-bond acceptors (Lipinski definition) is 5. The van der Waals surface area contributed by atoms with Crippen molar-refractivity contribution >= 4 is 5.97 Å². The highest BCUT2D eigenvalue weighted by molar-refractivity contribution is 5.73. The van der Waals surface area contributed by atoms with Crippen LogP contribution in [-0.4, -0.2) is 12.6 Å². The van der Waals surface area contributed by atoms with Gasteiger partial charge in [-0.05, 0) is 41.3 Å². The molecule has 184 valence electrons. The molecular weight excluding hydrogens is 452 g/mol. The van der Waals surface area contributed by atoms with Gasteiger partial charge in [0.15, 0.2) is 11.5 Å². The van der Waals surface area contributed by atoms with Crippen LogP contribution in [0.15, 0.2) is 103 Å². The number of rotatable bonds is 12. The van der Waals surface area contributed by atoms with Crippen LogP contribution in [0.5, 0.6) is 17.2 Å². The van der Waals surface area contributed by atoms with Gasteiger partial charge in [-0.25, -0.2) is 0 Å². The predicted octanol–water partition coefficient (Wildman–Crippen LogP) is 6.53. The number of benzene rings is 4. The van der Waals surface area contributed by atoms with E-state index in [0.717, 1.165) is 22.3 Å². The van der Waals surface area contributed by atoms with Crippen molar-refractivity contribution in [3.63, 3.8) is 0 Å². The van der Waals surface area contributed by atoms with Crippen molar-refractivity contribution < 1.29 is 23.7 Å². The molecule has 0 unspecified atom stereocenters.